The molecule has 8 nitrogen and oxygen atoms in total. The Morgan fingerprint density at radius 2 is 1.83 bits per heavy atom. The first kappa shape index (κ1) is 20.3. The lowest BCUT2D eigenvalue weighted by Gasteiger charge is -2.11. The van der Waals surface area contributed by atoms with Crippen molar-refractivity contribution in [3.63, 3.8) is 0 Å². The van der Waals surface area contributed by atoms with E-state index in [9.17, 15) is 0 Å². The van der Waals surface area contributed by atoms with Crippen LogP contribution in [-0.4, -0.2) is 40.0 Å². The van der Waals surface area contributed by atoms with E-state index in [2.05, 4.69) is 46.6 Å². The van der Waals surface area contributed by atoms with Gasteiger partial charge in [0.05, 0.1) is 12.2 Å². The number of halogens is 1. The molecule has 0 atom stereocenters. The maximum atomic E-state index is 6.43. The Morgan fingerprint density at radius 1 is 1.00 bits per heavy atom. The Morgan fingerprint density at radius 3 is 2.53 bits per heavy atom. The molecule has 0 spiro atoms. The number of unbranched alkanes of at least 4 members (excludes halogenated alkanes) is 1. The predicted octanol–water partition coefficient (Wildman–Crippen LogP) is 4.25. The van der Waals surface area contributed by atoms with Gasteiger partial charge in [-0.1, -0.05) is 44.0 Å². The Labute approximate surface area is 180 Å². The fraction of sp³-hybridized carbons (Fsp3) is 0.381. The van der Waals surface area contributed by atoms with Crippen molar-refractivity contribution in [1.29, 1.82) is 0 Å². The second-order valence-electron chi connectivity index (χ2n) is 7.25. The molecule has 156 valence electrons. The molecule has 0 saturated heterocycles. The fourth-order valence-electron chi connectivity index (χ4n) is 3.45. The third-order valence-electron chi connectivity index (χ3n) is 4.97. The highest BCUT2D eigenvalue weighted by atomic mass is 35.5. The number of H-pyrrole nitrogens is 1. The predicted molar refractivity (Wildman–Crippen MR) is 116 cm³/mol. The van der Waals surface area contributed by atoms with Gasteiger partial charge in [-0.15, -0.1) is 5.10 Å². The molecule has 3 heterocycles. The summed E-state index contributed by atoms with van der Waals surface area (Å²) in [6.07, 6.45) is 5.18. The maximum absolute atomic E-state index is 6.43. The van der Waals surface area contributed by atoms with E-state index in [0.29, 0.717) is 17.5 Å². The van der Waals surface area contributed by atoms with E-state index < -0.39 is 0 Å². The zero-order valence-electron chi connectivity index (χ0n) is 17.2. The Bertz CT molecular complexity index is 1080. The standard InChI is InChI=1S/C21H25ClN8/c1-3-5-7-20-23-19(6-4-2)26-29(20)14-15-8-10-16(11-9-15)30-17(12-13-18(30)22)21-24-27-28-25-21/h8-13H,3-7,14H2,1-2H3,(H,24,25,27,28). The van der Waals surface area contributed by atoms with Crippen molar-refractivity contribution >= 4 is 11.6 Å². The third-order valence-corrected chi connectivity index (χ3v) is 5.26. The Balaban J connectivity index is 1.58. The van der Waals surface area contributed by atoms with Crippen LogP contribution in [-0.2, 0) is 19.4 Å². The summed E-state index contributed by atoms with van der Waals surface area (Å²) < 4.78 is 3.96. The van der Waals surface area contributed by atoms with Crippen LogP contribution in [0.4, 0.5) is 0 Å². The van der Waals surface area contributed by atoms with Gasteiger partial charge in [0, 0.05) is 18.5 Å². The highest BCUT2D eigenvalue weighted by Crippen LogP contribution is 2.27. The average molecular weight is 425 g/mol. The topological polar surface area (TPSA) is 90.1 Å². The van der Waals surface area contributed by atoms with Gasteiger partial charge in [-0.25, -0.2) is 14.8 Å². The maximum Gasteiger partial charge on any atom is 0.196 e. The van der Waals surface area contributed by atoms with Gasteiger partial charge in [0.1, 0.15) is 11.0 Å². The van der Waals surface area contributed by atoms with Gasteiger partial charge in [0.15, 0.2) is 11.6 Å². The molecule has 4 rings (SSSR count). The molecule has 3 aromatic heterocycles. The minimum absolute atomic E-state index is 0.567. The molecule has 0 fully saturated rings. The molecular weight excluding hydrogens is 400 g/mol. The molecule has 0 saturated carbocycles. The summed E-state index contributed by atoms with van der Waals surface area (Å²) in [6.45, 7) is 5.05. The highest BCUT2D eigenvalue weighted by Gasteiger charge is 2.14. The molecule has 0 aliphatic rings. The number of benzene rings is 1. The second kappa shape index (κ2) is 9.21. The van der Waals surface area contributed by atoms with Gasteiger partial charge < -0.3 is 0 Å². The van der Waals surface area contributed by atoms with Gasteiger partial charge in [-0.05, 0) is 53.1 Å². The van der Waals surface area contributed by atoms with Crippen LogP contribution in [0.25, 0.3) is 17.2 Å². The van der Waals surface area contributed by atoms with Crippen molar-refractivity contribution in [2.75, 3.05) is 0 Å². The van der Waals surface area contributed by atoms with Gasteiger partial charge in [-0.2, -0.15) is 5.10 Å². The molecular formula is C21H25ClN8. The molecule has 0 unspecified atom stereocenters. The Kier molecular flexibility index (Phi) is 6.23. The molecule has 1 aromatic carbocycles. The first-order chi connectivity index (χ1) is 14.7. The van der Waals surface area contributed by atoms with Crippen LogP contribution in [0.5, 0.6) is 0 Å². The van der Waals surface area contributed by atoms with Crippen LogP contribution in [0.3, 0.4) is 0 Å². The van der Waals surface area contributed by atoms with E-state index in [-0.39, 0.29) is 0 Å². The number of nitrogens with one attached hydrogen (secondary N) is 1. The lowest BCUT2D eigenvalue weighted by molar-refractivity contribution is 0.613. The van der Waals surface area contributed by atoms with Crippen molar-refractivity contribution in [3.05, 3.63) is 58.8 Å². The van der Waals surface area contributed by atoms with Crippen LogP contribution >= 0.6 is 11.6 Å². The number of nitrogens with zero attached hydrogens (tertiary/aromatic N) is 7. The number of tetrazole rings is 1. The number of hydrogen-bond acceptors (Lipinski definition) is 5. The fourth-order valence-corrected chi connectivity index (χ4v) is 3.70. The smallest absolute Gasteiger partial charge is 0.196 e. The second-order valence-corrected chi connectivity index (χ2v) is 7.64. The van der Waals surface area contributed by atoms with E-state index in [1.807, 2.05) is 33.5 Å². The van der Waals surface area contributed by atoms with Crippen molar-refractivity contribution < 1.29 is 0 Å². The van der Waals surface area contributed by atoms with Crippen molar-refractivity contribution in [3.8, 4) is 17.2 Å². The first-order valence-corrected chi connectivity index (χ1v) is 10.7. The monoisotopic (exact) mass is 424 g/mol. The van der Waals surface area contributed by atoms with E-state index in [0.717, 1.165) is 60.7 Å². The summed E-state index contributed by atoms with van der Waals surface area (Å²) in [5, 5.41) is 19.4. The van der Waals surface area contributed by atoms with Gasteiger partial charge >= 0.3 is 0 Å². The summed E-state index contributed by atoms with van der Waals surface area (Å²) in [5.41, 5.74) is 2.91. The average Bonchev–Trinajstić information content (AvgIpc) is 3.48. The van der Waals surface area contributed by atoms with E-state index in [4.69, 9.17) is 21.7 Å². The first-order valence-electron chi connectivity index (χ1n) is 10.3. The Hall–Kier alpha value is -3.00. The lowest BCUT2D eigenvalue weighted by Crippen LogP contribution is -2.07. The van der Waals surface area contributed by atoms with Crippen molar-refractivity contribution in [2.45, 2.75) is 52.5 Å². The van der Waals surface area contributed by atoms with Crippen LogP contribution < -0.4 is 0 Å². The van der Waals surface area contributed by atoms with Crippen molar-refractivity contribution in [1.82, 2.24) is 40.0 Å². The van der Waals surface area contributed by atoms with Gasteiger partial charge in [-0.3, -0.25) is 4.57 Å². The largest absolute Gasteiger partial charge is 0.297 e. The molecule has 1 N–H and O–H groups in total. The normalized spacial score (nSPS) is 11.3. The van der Waals surface area contributed by atoms with Crippen LogP contribution in [0.1, 0.15) is 50.3 Å². The SMILES string of the molecule is CCCCc1nc(CCC)nn1Cc1ccc(-n2c(Cl)ccc2-c2nnn[nH]2)cc1. The quantitative estimate of drug-likeness (QED) is 0.434. The van der Waals surface area contributed by atoms with Crippen molar-refractivity contribution in [2.24, 2.45) is 0 Å². The summed E-state index contributed by atoms with van der Waals surface area (Å²) in [6, 6.07) is 12.0. The zero-order chi connectivity index (χ0) is 20.9. The third kappa shape index (κ3) is 4.28. The minimum Gasteiger partial charge on any atom is -0.297 e. The molecule has 0 aliphatic carbocycles. The molecule has 0 bridgehead atoms. The minimum atomic E-state index is 0.567. The molecule has 0 aliphatic heterocycles. The summed E-state index contributed by atoms with van der Waals surface area (Å²) in [5.74, 6) is 2.57. The van der Waals surface area contributed by atoms with Crippen LogP contribution in [0.2, 0.25) is 5.15 Å². The summed E-state index contributed by atoms with van der Waals surface area (Å²) in [7, 11) is 0. The number of aromatic nitrogens is 8. The van der Waals surface area contributed by atoms with Crippen LogP contribution in [0, 0.1) is 0 Å². The number of aromatic amines is 1. The number of aryl methyl sites for hydroxylation is 2. The van der Waals surface area contributed by atoms with E-state index in [1.165, 1.54) is 0 Å². The van der Waals surface area contributed by atoms with E-state index >= 15 is 0 Å². The van der Waals surface area contributed by atoms with Gasteiger partial charge in [0.2, 0.25) is 0 Å². The molecule has 0 amide bonds. The molecule has 4 aromatic rings. The molecule has 9 heteroatoms. The number of hydrogen-bond donors (Lipinski definition) is 1. The van der Waals surface area contributed by atoms with Gasteiger partial charge in [0.25, 0.3) is 0 Å². The molecule has 0 radical (unpaired) electrons. The molecule has 30 heavy (non-hydrogen) atoms. The lowest BCUT2D eigenvalue weighted by atomic mass is 10.2. The number of rotatable bonds is 9. The highest BCUT2D eigenvalue weighted by molar-refractivity contribution is 6.30. The van der Waals surface area contributed by atoms with E-state index in [1.54, 1.807) is 0 Å². The summed E-state index contributed by atoms with van der Waals surface area (Å²) in [4.78, 5) is 4.75. The zero-order valence-corrected chi connectivity index (χ0v) is 18.0. The van der Waals surface area contributed by atoms with Crippen LogP contribution in [0.15, 0.2) is 36.4 Å². The summed E-state index contributed by atoms with van der Waals surface area (Å²) >= 11 is 6.43.